The lowest BCUT2D eigenvalue weighted by atomic mass is 10.1. The van der Waals surface area contributed by atoms with Crippen molar-refractivity contribution >= 4 is 40.5 Å². The number of urea groups is 1. The van der Waals surface area contributed by atoms with Gasteiger partial charge in [0.1, 0.15) is 0 Å². The third kappa shape index (κ3) is 4.19. The van der Waals surface area contributed by atoms with Crippen LogP contribution in [0, 0.1) is 3.57 Å². The Hall–Kier alpha value is -1.64. The molecule has 0 aliphatic rings. The van der Waals surface area contributed by atoms with E-state index in [1.165, 1.54) is 14.0 Å². The summed E-state index contributed by atoms with van der Waals surface area (Å²) < 4.78 is 0.857. The van der Waals surface area contributed by atoms with Crippen LogP contribution < -0.4 is 5.32 Å². The van der Waals surface area contributed by atoms with E-state index in [2.05, 4.69) is 5.32 Å². The monoisotopic (exact) mass is 376 g/mol. The smallest absolute Gasteiger partial charge is 0.330 e. The highest BCUT2D eigenvalue weighted by atomic mass is 127. The molecule has 0 bridgehead atoms. The minimum Gasteiger partial charge on any atom is -0.479 e. The molecule has 1 atom stereocenters. The van der Waals surface area contributed by atoms with Gasteiger partial charge in [0.05, 0.1) is 0 Å². The second-order valence-electron chi connectivity index (χ2n) is 3.85. The number of carboxylic acid groups (broad SMARTS) is 1. The Morgan fingerprint density at radius 2 is 2.00 bits per heavy atom. The summed E-state index contributed by atoms with van der Waals surface area (Å²) >= 11 is 2.05. The van der Waals surface area contributed by atoms with Gasteiger partial charge in [0, 0.05) is 17.5 Å². The third-order valence-electron chi connectivity index (χ3n) is 2.47. The number of hydrogen-bond acceptors (Lipinski definition) is 3. The molecule has 6 nitrogen and oxygen atoms in total. The maximum atomic E-state index is 11.7. The summed E-state index contributed by atoms with van der Waals surface area (Å²) in [5, 5.41) is 11.5. The number of carboxylic acids is 1. The Labute approximate surface area is 123 Å². The Morgan fingerprint density at radius 3 is 2.47 bits per heavy atom. The Bertz CT molecular complexity index is 518. The summed E-state index contributed by atoms with van der Waals surface area (Å²) in [5.74, 6) is -1.66. The van der Waals surface area contributed by atoms with Gasteiger partial charge in [-0.15, -0.1) is 0 Å². The van der Waals surface area contributed by atoms with Crippen LogP contribution in [0.25, 0.3) is 0 Å². The number of imide groups is 1. The van der Waals surface area contributed by atoms with Crippen molar-refractivity contribution in [2.45, 2.75) is 13.0 Å². The largest absolute Gasteiger partial charge is 0.479 e. The number of benzene rings is 1. The molecule has 0 aromatic heterocycles. The molecule has 1 rings (SSSR count). The Kier molecular flexibility index (Phi) is 5.28. The molecule has 0 radical (unpaired) electrons. The average Bonchev–Trinajstić information content (AvgIpc) is 2.34. The number of rotatable bonds is 3. The SMILES string of the molecule is CC(=O)N(C)C(=O)NC(C(=O)O)c1cccc(I)c1. The molecule has 0 spiro atoms. The van der Waals surface area contributed by atoms with Gasteiger partial charge in [-0.05, 0) is 40.3 Å². The van der Waals surface area contributed by atoms with Gasteiger partial charge in [-0.2, -0.15) is 0 Å². The first-order chi connectivity index (χ1) is 8.82. The molecule has 0 saturated carbocycles. The van der Waals surface area contributed by atoms with E-state index in [4.69, 9.17) is 5.11 Å². The summed E-state index contributed by atoms with van der Waals surface area (Å²) in [4.78, 5) is 34.8. The first-order valence-corrected chi connectivity index (χ1v) is 6.44. The van der Waals surface area contributed by atoms with Crippen LogP contribution in [0.3, 0.4) is 0 Å². The van der Waals surface area contributed by atoms with Crippen molar-refractivity contribution in [3.05, 3.63) is 33.4 Å². The van der Waals surface area contributed by atoms with E-state index < -0.39 is 23.9 Å². The molecule has 1 aromatic rings. The number of carbonyl (C=O) groups is 3. The average molecular weight is 376 g/mol. The van der Waals surface area contributed by atoms with Gasteiger partial charge in [0.25, 0.3) is 0 Å². The molecular weight excluding hydrogens is 363 g/mol. The highest BCUT2D eigenvalue weighted by Crippen LogP contribution is 2.16. The van der Waals surface area contributed by atoms with Gasteiger partial charge >= 0.3 is 12.0 Å². The van der Waals surface area contributed by atoms with Gasteiger partial charge in [-0.3, -0.25) is 9.69 Å². The molecule has 0 aliphatic carbocycles. The summed E-state index contributed by atoms with van der Waals surface area (Å²) in [5.41, 5.74) is 0.449. The third-order valence-corrected chi connectivity index (χ3v) is 3.14. The van der Waals surface area contributed by atoms with Crippen molar-refractivity contribution in [1.29, 1.82) is 0 Å². The molecule has 1 unspecified atom stereocenters. The van der Waals surface area contributed by atoms with Crippen molar-refractivity contribution in [1.82, 2.24) is 10.2 Å². The predicted molar refractivity (Wildman–Crippen MR) is 76.5 cm³/mol. The summed E-state index contributed by atoms with van der Waals surface area (Å²) in [6, 6.07) is 4.84. The lowest BCUT2D eigenvalue weighted by molar-refractivity contribution is -0.139. The van der Waals surface area contributed by atoms with Crippen molar-refractivity contribution in [3.63, 3.8) is 0 Å². The number of carbonyl (C=O) groups excluding carboxylic acids is 2. The maximum absolute atomic E-state index is 11.7. The number of amides is 3. The standard InChI is InChI=1S/C12H13IN2O4/c1-7(16)15(2)12(19)14-10(11(17)18)8-4-3-5-9(13)6-8/h3-6,10H,1-2H3,(H,14,19)(H,17,18). The highest BCUT2D eigenvalue weighted by molar-refractivity contribution is 14.1. The molecular formula is C12H13IN2O4. The normalized spacial score (nSPS) is 11.5. The molecule has 7 heteroatoms. The lowest BCUT2D eigenvalue weighted by Crippen LogP contribution is -2.43. The Morgan fingerprint density at radius 1 is 1.37 bits per heavy atom. The fourth-order valence-corrected chi connectivity index (χ4v) is 1.90. The molecule has 1 aromatic carbocycles. The fraction of sp³-hybridized carbons (Fsp3) is 0.250. The van der Waals surface area contributed by atoms with E-state index in [0.717, 1.165) is 8.47 Å². The molecule has 19 heavy (non-hydrogen) atoms. The number of nitrogens with zero attached hydrogens (tertiary/aromatic N) is 1. The van der Waals surface area contributed by atoms with Gasteiger partial charge in [0.15, 0.2) is 6.04 Å². The van der Waals surface area contributed by atoms with Gasteiger partial charge in [-0.1, -0.05) is 12.1 Å². The maximum Gasteiger partial charge on any atom is 0.330 e. The second kappa shape index (κ2) is 6.50. The van der Waals surface area contributed by atoms with Crippen LogP contribution in [0.4, 0.5) is 4.79 Å². The van der Waals surface area contributed by atoms with Gasteiger partial charge in [0.2, 0.25) is 5.91 Å². The predicted octanol–water partition coefficient (Wildman–Crippen LogP) is 1.60. The molecule has 0 saturated heterocycles. The number of nitrogens with one attached hydrogen (secondary N) is 1. The number of aliphatic carboxylic acids is 1. The first-order valence-electron chi connectivity index (χ1n) is 5.36. The zero-order chi connectivity index (χ0) is 14.6. The molecule has 102 valence electrons. The Balaban J connectivity index is 2.94. The van der Waals surface area contributed by atoms with Gasteiger partial charge in [-0.25, -0.2) is 9.59 Å². The minimum atomic E-state index is -1.19. The van der Waals surface area contributed by atoms with E-state index in [-0.39, 0.29) is 0 Å². The lowest BCUT2D eigenvalue weighted by Gasteiger charge is -2.19. The van der Waals surface area contributed by atoms with Crippen molar-refractivity contribution in [2.75, 3.05) is 7.05 Å². The van der Waals surface area contributed by atoms with Crippen LogP contribution in [-0.4, -0.2) is 35.0 Å². The quantitative estimate of drug-likeness (QED) is 0.785. The van der Waals surface area contributed by atoms with Gasteiger partial charge < -0.3 is 10.4 Å². The first kappa shape index (κ1) is 15.4. The zero-order valence-corrected chi connectivity index (χ0v) is 12.5. The van der Waals surface area contributed by atoms with Crippen LogP contribution in [0.5, 0.6) is 0 Å². The summed E-state index contributed by atoms with van der Waals surface area (Å²) in [7, 11) is 1.28. The number of halogens is 1. The molecule has 3 amide bonds. The highest BCUT2D eigenvalue weighted by Gasteiger charge is 2.24. The summed E-state index contributed by atoms with van der Waals surface area (Å²) in [6.07, 6.45) is 0. The van der Waals surface area contributed by atoms with Crippen LogP contribution in [0.1, 0.15) is 18.5 Å². The molecule has 0 fully saturated rings. The van der Waals surface area contributed by atoms with Crippen molar-refractivity contribution < 1.29 is 19.5 Å². The minimum absolute atomic E-state index is 0.449. The summed E-state index contributed by atoms with van der Waals surface area (Å²) in [6.45, 7) is 1.22. The van der Waals surface area contributed by atoms with E-state index in [1.54, 1.807) is 18.2 Å². The molecule has 0 heterocycles. The van der Waals surface area contributed by atoms with E-state index in [0.29, 0.717) is 5.56 Å². The fourth-order valence-electron chi connectivity index (χ4n) is 1.34. The van der Waals surface area contributed by atoms with E-state index in [1.807, 2.05) is 28.7 Å². The topological polar surface area (TPSA) is 86.7 Å². The molecule has 0 aliphatic heterocycles. The van der Waals surface area contributed by atoms with E-state index >= 15 is 0 Å². The number of hydrogen-bond donors (Lipinski definition) is 2. The van der Waals surface area contributed by atoms with Crippen LogP contribution in [0.15, 0.2) is 24.3 Å². The van der Waals surface area contributed by atoms with Crippen LogP contribution in [-0.2, 0) is 9.59 Å². The van der Waals surface area contributed by atoms with Crippen molar-refractivity contribution in [3.8, 4) is 0 Å². The van der Waals surface area contributed by atoms with Crippen molar-refractivity contribution in [2.24, 2.45) is 0 Å². The van der Waals surface area contributed by atoms with Crippen LogP contribution >= 0.6 is 22.6 Å². The van der Waals surface area contributed by atoms with Crippen LogP contribution in [0.2, 0.25) is 0 Å². The second-order valence-corrected chi connectivity index (χ2v) is 5.10. The molecule has 2 N–H and O–H groups in total. The van der Waals surface area contributed by atoms with E-state index in [9.17, 15) is 14.4 Å². The zero-order valence-electron chi connectivity index (χ0n) is 10.4.